The summed E-state index contributed by atoms with van der Waals surface area (Å²) in [6.07, 6.45) is 6.83. The van der Waals surface area contributed by atoms with E-state index in [1.54, 1.807) is 0 Å². The summed E-state index contributed by atoms with van der Waals surface area (Å²) in [7, 11) is 0. The van der Waals surface area contributed by atoms with Gasteiger partial charge in [-0.2, -0.15) is 0 Å². The van der Waals surface area contributed by atoms with Gasteiger partial charge in [-0.3, -0.25) is 0 Å². The molecule has 19 heavy (non-hydrogen) atoms. The molecular formula is C15H19BrN2O. The summed E-state index contributed by atoms with van der Waals surface area (Å²) < 4.78 is 0. The van der Waals surface area contributed by atoms with Gasteiger partial charge in [-0.25, -0.2) is 0 Å². The van der Waals surface area contributed by atoms with Gasteiger partial charge >= 0.3 is 0 Å². The fourth-order valence-corrected chi connectivity index (χ4v) is 2.08. The third kappa shape index (κ3) is 4.24. The molecule has 0 fully saturated rings. The maximum absolute atomic E-state index is 8.96. The van der Waals surface area contributed by atoms with Crippen molar-refractivity contribution >= 4 is 22.7 Å². The van der Waals surface area contributed by atoms with Gasteiger partial charge in [0.05, 0.1) is 5.71 Å². The van der Waals surface area contributed by atoms with Crippen LogP contribution in [0.15, 0.2) is 59.4 Å². The van der Waals surface area contributed by atoms with Crippen LogP contribution in [-0.2, 0) is 6.54 Å². The van der Waals surface area contributed by atoms with Crippen LogP contribution in [0.4, 0.5) is 0 Å². The lowest BCUT2D eigenvalue weighted by Gasteiger charge is -2.24. The van der Waals surface area contributed by atoms with Gasteiger partial charge < -0.3 is 10.1 Å². The lowest BCUT2D eigenvalue weighted by molar-refractivity contribution is 0.317. The molecule has 1 aromatic carbocycles. The van der Waals surface area contributed by atoms with E-state index in [4.69, 9.17) is 5.21 Å². The predicted molar refractivity (Wildman–Crippen MR) is 83.9 cm³/mol. The first-order valence-corrected chi connectivity index (χ1v) is 6.20. The zero-order chi connectivity index (χ0) is 12.8. The molecule has 0 unspecified atom stereocenters. The van der Waals surface area contributed by atoms with E-state index in [-0.39, 0.29) is 17.0 Å². The quantitative estimate of drug-likeness (QED) is 0.520. The molecule has 0 saturated carbocycles. The number of halogens is 1. The topological polar surface area (TPSA) is 35.8 Å². The molecule has 0 aliphatic carbocycles. The average Bonchev–Trinajstić information content (AvgIpc) is 2.42. The van der Waals surface area contributed by atoms with Crippen LogP contribution in [0.1, 0.15) is 18.9 Å². The highest BCUT2D eigenvalue weighted by Gasteiger charge is 2.12. The van der Waals surface area contributed by atoms with Crippen LogP contribution >= 0.6 is 17.0 Å². The average molecular weight is 323 g/mol. The monoisotopic (exact) mass is 322 g/mol. The minimum atomic E-state index is 0. The van der Waals surface area contributed by atoms with Crippen molar-refractivity contribution in [3.63, 3.8) is 0 Å². The van der Waals surface area contributed by atoms with E-state index >= 15 is 0 Å². The Morgan fingerprint density at radius 2 is 2.05 bits per heavy atom. The molecule has 0 spiro atoms. The van der Waals surface area contributed by atoms with Crippen LogP contribution in [0.5, 0.6) is 0 Å². The third-order valence-electron chi connectivity index (χ3n) is 3.02. The lowest BCUT2D eigenvalue weighted by Crippen LogP contribution is -2.24. The van der Waals surface area contributed by atoms with Crippen LogP contribution in [0.2, 0.25) is 0 Å². The molecule has 0 saturated heterocycles. The first kappa shape index (κ1) is 15.5. The summed E-state index contributed by atoms with van der Waals surface area (Å²) in [5, 5.41) is 12.3. The van der Waals surface area contributed by atoms with Crippen molar-refractivity contribution in [1.29, 1.82) is 0 Å². The highest BCUT2D eigenvalue weighted by Crippen LogP contribution is 2.14. The number of hydrogen-bond donors (Lipinski definition) is 1. The number of oxime groups is 1. The molecular weight excluding hydrogens is 304 g/mol. The second-order valence-corrected chi connectivity index (χ2v) is 4.32. The Hall–Kier alpha value is -1.55. The fourth-order valence-electron chi connectivity index (χ4n) is 2.08. The van der Waals surface area contributed by atoms with E-state index in [0.717, 1.165) is 30.8 Å². The lowest BCUT2D eigenvalue weighted by atomic mass is 10.1. The Morgan fingerprint density at radius 3 is 2.68 bits per heavy atom. The molecule has 3 nitrogen and oxygen atoms in total. The Bertz CT molecular complexity index is 480. The largest absolute Gasteiger partial charge is 0.411 e. The summed E-state index contributed by atoms with van der Waals surface area (Å²) in [5.74, 6) is 0. The highest BCUT2D eigenvalue weighted by molar-refractivity contribution is 8.93. The molecule has 1 heterocycles. The van der Waals surface area contributed by atoms with Crippen molar-refractivity contribution < 1.29 is 5.21 Å². The number of benzene rings is 1. The first-order valence-electron chi connectivity index (χ1n) is 6.20. The van der Waals surface area contributed by atoms with Crippen molar-refractivity contribution in [2.45, 2.75) is 19.9 Å². The minimum absolute atomic E-state index is 0. The number of nitrogens with zero attached hydrogens (tertiary/aromatic N) is 2. The predicted octanol–water partition coefficient (Wildman–Crippen LogP) is 3.76. The highest BCUT2D eigenvalue weighted by atomic mass is 79.9. The Morgan fingerprint density at radius 1 is 1.32 bits per heavy atom. The van der Waals surface area contributed by atoms with E-state index in [2.05, 4.69) is 28.4 Å². The molecule has 4 heteroatoms. The minimum Gasteiger partial charge on any atom is -0.411 e. The normalized spacial score (nSPS) is 14.9. The molecule has 0 atom stereocenters. The van der Waals surface area contributed by atoms with E-state index < -0.39 is 0 Å². The maximum Gasteiger partial charge on any atom is 0.0842 e. The van der Waals surface area contributed by atoms with Gasteiger partial charge in [0, 0.05) is 13.1 Å². The molecule has 1 aliphatic rings. The number of allylic oxidation sites excluding steroid dienone is 2. The van der Waals surface area contributed by atoms with Crippen LogP contribution < -0.4 is 0 Å². The zero-order valence-corrected chi connectivity index (χ0v) is 12.7. The molecule has 0 aromatic heterocycles. The van der Waals surface area contributed by atoms with Gasteiger partial charge in [0.15, 0.2) is 0 Å². The summed E-state index contributed by atoms with van der Waals surface area (Å²) in [4.78, 5) is 2.21. The molecule has 2 rings (SSSR count). The SMILES string of the molecule is Br.CCC(=NO)C1=CC=CN(Cc2ccccc2)C1. The third-order valence-corrected chi connectivity index (χ3v) is 3.02. The van der Waals surface area contributed by atoms with Gasteiger partial charge in [-0.05, 0) is 29.8 Å². The van der Waals surface area contributed by atoms with Crippen molar-refractivity contribution in [2.24, 2.45) is 5.16 Å². The summed E-state index contributed by atoms with van der Waals surface area (Å²) in [6.45, 7) is 3.66. The molecule has 1 aromatic rings. The molecule has 1 N–H and O–H groups in total. The van der Waals surface area contributed by atoms with Crippen molar-refractivity contribution in [3.8, 4) is 0 Å². The molecule has 0 amide bonds. The van der Waals surface area contributed by atoms with E-state index in [0.29, 0.717) is 0 Å². The van der Waals surface area contributed by atoms with Crippen LogP contribution in [-0.4, -0.2) is 22.4 Å². The smallest absolute Gasteiger partial charge is 0.0842 e. The first-order chi connectivity index (χ1) is 8.83. The Labute approximate surface area is 124 Å². The molecule has 0 radical (unpaired) electrons. The second-order valence-electron chi connectivity index (χ2n) is 4.32. The van der Waals surface area contributed by atoms with Gasteiger partial charge in [0.1, 0.15) is 0 Å². The zero-order valence-electron chi connectivity index (χ0n) is 11.0. The van der Waals surface area contributed by atoms with Crippen LogP contribution in [0, 0.1) is 0 Å². The van der Waals surface area contributed by atoms with Crippen molar-refractivity contribution in [1.82, 2.24) is 4.90 Å². The van der Waals surface area contributed by atoms with E-state index in [1.807, 2.05) is 37.3 Å². The van der Waals surface area contributed by atoms with Crippen molar-refractivity contribution in [3.05, 3.63) is 59.8 Å². The van der Waals surface area contributed by atoms with Gasteiger partial charge in [0.2, 0.25) is 0 Å². The second kappa shape index (κ2) is 7.79. The Balaban J connectivity index is 0.00000180. The van der Waals surface area contributed by atoms with Crippen molar-refractivity contribution in [2.75, 3.05) is 6.54 Å². The van der Waals surface area contributed by atoms with Crippen LogP contribution in [0.3, 0.4) is 0 Å². The van der Waals surface area contributed by atoms with E-state index in [1.165, 1.54) is 5.56 Å². The molecule has 0 bridgehead atoms. The molecule has 1 aliphatic heterocycles. The summed E-state index contributed by atoms with van der Waals surface area (Å²) in [6, 6.07) is 10.4. The molecule has 102 valence electrons. The van der Waals surface area contributed by atoms with Gasteiger partial charge in [-0.15, -0.1) is 17.0 Å². The standard InChI is InChI=1S/C15H18N2O.BrH/c1-2-15(16-18)14-9-6-10-17(12-14)11-13-7-4-3-5-8-13;/h3-10,18H,2,11-12H2,1H3;1H. The van der Waals surface area contributed by atoms with Gasteiger partial charge in [-0.1, -0.05) is 48.5 Å². The number of rotatable bonds is 4. The fraction of sp³-hybridized carbons (Fsp3) is 0.267. The number of hydrogen-bond acceptors (Lipinski definition) is 3. The van der Waals surface area contributed by atoms with E-state index in [9.17, 15) is 0 Å². The maximum atomic E-state index is 8.96. The Kier molecular flexibility index (Phi) is 6.36. The van der Waals surface area contributed by atoms with Gasteiger partial charge in [0.25, 0.3) is 0 Å². The van der Waals surface area contributed by atoms with Crippen LogP contribution in [0.25, 0.3) is 0 Å². The summed E-state index contributed by atoms with van der Waals surface area (Å²) in [5.41, 5.74) is 3.12. The summed E-state index contributed by atoms with van der Waals surface area (Å²) >= 11 is 0.